The molecule has 20 heavy (non-hydrogen) atoms. The zero-order valence-corrected chi connectivity index (χ0v) is 12.4. The Kier molecular flexibility index (Phi) is 5.38. The van der Waals surface area contributed by atoms with E-state index in [2.05, 4.69) is 0 Å². The van der Waals surface area contributed by atoms with Gasteiger partial charge in [-0.05, 0) is 24.5 Å². The number of hydrogen-bond donors (Lipinski definition) is 2. The molecule has 7 heteroatoms. The Labute approximate surface area is 119 Å². The van der Waals surface area contributed by atoms with Crippen LogP contribution in [-0.4, -0.2) is 31.8 Å². The first-order valence-electron chi connectivity index (χ1n) is 6.30. The van der Waals surface area contributed by atoms with Crippen LogP contribution in [0.2, 0.25) is 0 Å². The van der Waals surface area contributed by atoms with Gasteiger partial charge in [0.2, 0.25) is 10.0 Å². The van der Waals surface area contributed by atoms with E-state index in [1.54, 1.807) is 18.2 Å². The number of nitrogens with two attached hydrogens (primary N) is 1. The van der Waals surface area contributed by atoms with Crippen molar-refractivity contribution in [2.24, 2.45) is 5.92 Å². The van der Waals surface area contributed by atoms with Gasteiger partial charge in [-0.15, -0.1) is 0 Å². The molecule has 0 saturated carbocycles. The fraction of sp³-hybridized carbons (Fsp3) is 0.462. The number of hydrogen-bond acceptors (Lipinski definition) is 4. The van der Waals surface area contributed by atoms with Gasteiger partial charge in [0, 0.05) is 0 Å². The fourth-order valence-electron chi connectivity index (χ4n) is 1.67. The molecule has 0 atom stereocenters. The van der Waals surface area contributed by atoms with E-state index in [1.807, 2.05) is 13.8 Å². The summed E-state index contributed by atoms with van der Waals surface area (Å²) in [7, 11) is -3.72. The van der Waals surface area contributed by atoms with Crippen LogP contribution in [0.5, 0.6) is 0 Å². The molecule has 0 amide bonds. The first-order valence-corrected chi connectivity index (χ1v) is 7.91. The number of anilines is 2. The van der Waals surface area contributed by atoms with Crippen molar-refractivity contribution in [3.8, 4) is 0 Å². The average molecular weight is 300 g/mol. The number of carboxylic acid groups (broad SMARTS) is 1. The van der Waals surface area contributed by atoms with Crippen molar-refractivity contribution in [2.75, 3.05) is 22.3 Å². The number of aliphatic carboxylic acids is 1. The molecule has 1 aromatic rings. The van der Waals surface area contributed by atoms with Gasteiger partial charge in [-0.1, -0.05) is 26.0 Å². The van der Waals surface area contributed by atoms with Gasteiger partial charge in [-0.25, -0.2) is 8.42 Å². The number of para-hydroxylation sites is 2. The second-order valence-corrected chi connectivity index (χ2v) is 6.97. The molecular weight excluding hydrogens is 280 g/mol. The monoisotopic (exact) mass is 300 g/mol. The minimum absolute atomic E-state index is 0.105. The Morgan fingerprint density at radius 2 is 1.95 bits per heavy atom. The highest BCUT2D eigenvalue weighted by Gasteiger charge is 2.26. The zero-order valence-electron chi connectivity index (χ0n) is 11.6. The Balaban J connectivity index is 3.13. The molecule has 1 rings (SSSR count). The maximum absolute atomic E-state index is 12.3. The van der Waals surface area contributed by atoms with Crippen molar-refractivity contribution in [2.45, 2.75) is 20.3 Å². The molecule has 0 radical (unpaired) electrons. The summed E-state index contributed by atoms with van der Waals surface area (Å²) in [5.41, 5.74) is 6.20. The lowest BCUT2D eigenvalue weighted by atomic mass is 10.2. The zero-order chi connectivity index (χ0) is 15.3. The molecule has 0 aromatic heterocycles. The van der Waals surface area contributed by atoms with E-state index in [4.69, 9.17) is 10.8 Å². The molecule has 0 spiro atoms. The van der Waals surface area contributed by atoms with Crippen molar-refractivity contribution in [1.82, 2.24) is 0 Å². The molecule has 112 valence electrons. The lowest BCUT2D eigenvalue weighted by molar-refractivity contribution is -0.135. The van der Waals surface area contributed by atoms with Crippen LogP contribution in [0.15, 0.2) is 24.3 Å². The summed E-state index contributed by atoms with van der Waals surface area (Å²) in [5.74, 6) is -1.11. The standard InChI is InChI=1S/C13H20N2O4S/c1-10(2)7-8-20(18,19)15(9-13(16)17)12-6-4-3-5-11(12)14/h3-6,10H,7-9,14H2,1-2H3,(H,16,17). The molecule has 0 aliphatic heterocycles. The van der Waals surface area contributed by atoms with Gasteiger partial charge < -0.3 is 10.8 Å². The SMILES string of the molecule is CC(C)CCS(=O)(=O)N(CC(=O)O)c1ccccc1N. The highest BCUT2D eigenvalue weighted by molar-refractivity contribution is 7.92. The van der Waals surface area contributed by atoms with Crippen molar-refractivity contribution >= 4 is 27.4 Å². The Morgan fingerprint density at radius 3 is 2.45 bits per heavy atom. The van der Waals surface area contributed by atoms with Crippen LogP contribution in [0.25, 0.3) is 0 Å². The molecule has 0 aliphatic rings. The molecular formula is C13H20N2O4S. The van der Waals surface area contributed by atoms with Gasteiger partial charge in [0.15, 0.2) is 0 Å². The molecule has 0 saturated heterocycles. The van der Waals surface area contributed by atoms with Crippen LogP contribution in [0.3, 0.4) is 0 Å². The molecule has 0 bridgehead atoms. The van der Waals surface area contributed by atoms with Gasteiger partial charge in [0.25, 0.3) is 0 Å². The maximum atomic E-state index is 12.3. The minimum atomic E-state index is -3.72. The smallest absolute Gasteiger partial charge is 0.324 e. The second kappa shape index (κ2) is 6.60. The van der Waals surface area contributed by atoms with Gasteiger partial charge in [-0.2, -0.15) is 0 Å². The summed E-state index contributed by atoms with van der Waals surface area (Å²) in [6, 6.07) is 6.34. The van der Waals surface area contributed by atoms with Crippen molar-refractivity contribution in [1.29, 1.82) is 0 Å². The second-order valence-electron chi connectivity index (χ2n) is 4.96. The van der Waals surface area contributed by atoms with Crippen LogP contribution >= 0.6 is 0 Å². The van der Waals surface area contributed by atoms with Gasteiger partial charge in [0.05, 0.1) is 17.1 Å². The van der Waals surface area contributed by atoms with E-state index in [1.165, 1.54) is 6.07 Å². The van der Waals surface area contributed by atoms with Crippen LogP contribution in [0, 0.1) is 5.92 Å². The number of rotatable bonds is 7. The fourth-order valence-corrected chi connectivity index (χ4v) is 3.43. The minimum Gasteiger partial charge on any atom is -0.480 e. The first-order chi connectivity index (χ1) is 9.24. The first kappa shape index (κ1) is 16.3. The van der Waals surface area contributed by atoms with Crippen molar-refractivity contribution in [3.63, 3.8) is 0 Å². The van der Waals surface area contributed by atoms with E-state index in [-0.39, 0.29) is 23.0 Å². The highest BCUT2D eigenvalue weighted by Crippen LogP contribution is 2.25. The molecule has 1 aromatic carbocycles. The number of benzene rings is 1. The summed E-state index contributed by atoms with van der Waals surface area (Å²) in [4.78, 5) is 10.9. The molecule has 0 unspecified atom stereocenters. The average Bonchev–Trinajstić information content (AvgIpc) is 2.34. The third kappa shape index (κ3) is 4.41. The van der Waals surface area contributed by atoms with E-state index in [0.717, 1.165) is 4.31 Å². The Bertz CT molecular complexity index is 569. The topological polar surface area (TPSA) is 101 Å². The largest absolute Gasteiger partial charge is 0.480 e. The van der Waals surface area contributed by atoms with E-state index >= 15 is 0 Å². The number of carbonyl (C=O) groups is 1. The Morgan fingerprint density at radius 1 is 1.35 bits per heavy atom. The van der Waals surface area contributed by atoms with Crippen LogP contribution in [-0.2, 0) is 14.8 Å². The summed E-state index contributed by atoms with van der Waals surface area (Å²) < 4.78 is 25.5. The number of nitrogen functional groups attached to an aromatic ring is 1. The lowest BCUT2D eigenvalue weighted by Crippen LogP contribution is -2.38. The molecule has 6 nitrogen and oxygen atoms in total. The predicted octanol–water partition coefficient (Wildman–Crippen LogP) is 1.54. The number of carboxylic acids is 1. The van der Waals surface area contributed by atoms with Gasteiger partial charge in [-0.3, -0.25) is 9.10 Å². The van der Waals surface area contributed by atoms with Crippen LogP contribution < -0.4 is 10.0 Å². The predicted molar refractivity (Wildman–Crippen MR) is 79.1 cm³/mol. The molecule has 0 aliphatic carbocycles. The maximum Gasteiger partial charge on any atom is 0.324 e. The molecule has 0 heterocycles. The van der Waals surface area contributed by atoms with Crippen LogP contribution in [0.4, 0.5) is 11.4 Å². The van der Waals surface area contributed by atoms with Crippen molar-refractivity contribution in [3.05, 3.63) is 24.3 Å². The molecule has 3 N–H and O–H groups in total. The molecule has 0 fully saturated rings. The summed E-state index contributed by atoms with van der Waals surface area (Å²) in [6.45, 7) is 3.19. The summed E-state index contributed by atoms with van der Waals surface area (Å²) in [5, 5.41) is 8.93. The third-order valence-electron chi connectivity index (χ3n) is 2.77. The Hall–Kier alpha value is -1.76. The van der Waals surface area contributed by atoms with E-state index in [0.29, 0.717) is 6.42 Å². The third-order valence-corrected chi connectivity index (χ3v) is 4.52. The summed E-state index contributed by atoms with van der Waals surface area (Å²) in [6.07, 6.45) is 0.463. The van der Waals surface area contributed by atoms with Crippen molar-refractivity contribution < 1.29 is 18.3 Å². The number of sulfonamides is 1. The summed E-state index contributed by atoms with van der Waals surface area (Å²) >= 11 is 0. The van der Waals surface area contributed by atoms with Crippen LogP contribution in [0.1, 0.15) is 20.3 Å². The van der Waals surface area contributed by atoms with E-state index in [9.17, 15) is 13.2 Å². The lowest BCUT2D eigenvalue weighted by Gasteiger charge is -2.24. The van der Waals surface area contributed by atoms with Gasteiger partial charge >= 0.3 is 5.97 Å². The quantitative estimate of drug-likeness (QED) is 0.744. The van der Waals surface area contributed by atoms with Gasteiger partial charge in [0.1, 0.15) is 6.54 Å². The highest BCUT2D eigenvalue weighted by atomic mass is 32.2. The normalized spacial score (nSPS) is 11.6. The van der Waals surface area contributed by atoms with E-state index < -0.39 is 22.5 Å². The number of nitrogens with zero attached hydrogens (tertiary/aromatic N) is 1.